The van der Waals surface area contributed by atoms with Crippen LogP contribution in [0.4, 0.5) is 8.78 Å². The number of hydrogen-bond donors (Lipinski definition) is 4. The van der Waals surface area contributed by atoms with Crippen molar-refractivity contribution in [2.45, 2.75) is 18.6 Å². The Morgan fingerprint density at radius 3 is 2.44 bits per heavy atom. The molecule has 0 amide bonds. The van der Waals surface area contributed by atoms with Gasteiger partial charge in [-0.1, -0.05) is 6.07 Å². The van der Waals surface area contributed by atoms with E-state index in [9.17, 15) is 23.8 Å². The maximum Gasteiger partial charge on any atom is 0.341 e. The minimum Gasteiger partial charge on any atom is -0.477 e. The molecule has 0 saturated carbocycles. The summed E-state index contributed by atoms with van der Waals surface area (Å²) in [6, 6.07) is 1.61. The molecule has 2 atom stereocenters. The first-order valence-electron chi connectivity index (χ1n) is 5.17. The molecule has 0 aliphatic rings. The smallest absolute Gasteiger partial charge is 0.341 e. The number of aliphatic hydroxyl groups is 2. The molecule has 0 aliphatic heterocycles. The molecule has 0 aromatic heterocycles. The maximum absolute atomic E-state index is 13.7. The first-order valence-corrected chi connectivity index (χ1v) is 5.17. The van der Waals surface area contributed by atoms with Crippen LogP contribution in [0.25, 0.3) is 0 Å². The summed E-state index contributed by atoms with van der Waals surface area (Å²) in [7, 11) is 0. The Balaban J connectivity index is 3.18. The number of carbonyl (C=O) groups is 1. The van der Waals surface area contributed by atoms with Crippen LogP contribution in [0.15, 0.2) is 12.1 Å². The van der Waals surface area contributed by atoms with Crippen molar-refractivity contribution >= 4 is 5.97 Å². The van der Waals surface area contributed by atoms with Gasteiger partial charge in [-0.25, -0.2) is 13.6 Å². The SMILES string of the molecule is NCCC(O)C(O)c1ccc(F)c(C(=O)O)c1F. The van der Waals surface area contributed by atoms with Crippen molar-refractivity contribution in [3.05, 3.63) is 34.9 Å². The summed E-state index contributed by atoms with van der Waals surface area (Å²) in [6.45, 7) is 0.0623. The lowest BCUT2D eigenvalue weighted by Crippen LogP contribution is -2.23. The molecule has 2 unspecified atom stereocenters. The molecular formula is C11H13F2NO4. The largest absolute Gasteiger partial charge is 0.477 e. The van der Waals surface area contributed by atoms with Crippen LogP contribution in [0.1, 0.15) is 28.4 Å². The van der Waals surface area contributed by atoms with Gasteiger partial charge in [0.05, 0.1) is 6.10 Å². The number of aromatic carboxylic acids is 1. The highest BCUT2D eigenvalue weighted by Crippen LogP contribution is 2.25. The minimum absolute atomic E-state index is 0.000385. The summed E-state index contributed by atoms with van der Waals surface area (Å²) >= 11 is 0. The van der Waals surface area contributed by atoms with Crippen molar-refractivity contribution in [1.29, 1.82) is 0 Å². The molecule has 5 N–H and O–H groups in total. The molecule has 0 heterocycles. The topological polar surface area (TPSA) is 104 Å². The van der Waals surface area contributed by atoms with E-state index in [0.717, 1.165) is 12.1 Å². The van der Waals surface area contributed by atoms with Gasteiger partial charge < -0.3 is 21.1 Å². The summed E-state index contributed by atoms with van der Waals surface area (Å²) < 4.78 is 26.8. The number of benzene rings is 1. The predicted octanol–water partition coefficient (Wildman–Crippen LogP) is 0.406. The molecule has 0 fully saturated rings. The third-order valence-electron chi connectivity index (χ3n) is 2.48. The molecule has 1 rings (SSSR count). The molecule has 0 saturated heterocycles. The zero-order valence-electron chi connectivity index (χ0n) is 9.31. The van der Waals surface area contributed by atoms with Crippen molar-refractivity contribution in [3.63, 3.8) is 0 Å². The van der Waals surface area contributed by atoms with Gasteiger partial charge in [-0.2, -0.15) is 0 Å². The van der Waals surface area contributed by atoms with E-state index >= 15 is 0 Å². The summed E-state index contributed by atoms with van der Waals surface area (Å²) in [5, 5.41) is 27.7. The van der Waals surface area contributed by atoms with Crippen molar-refractivity contribution in [2.24, 2.45) is 5.73 Å². The van der Waals surface area contributed by atoms with Crippen LogP contribution in [0.3, 0.4) is 0 Å². The summed E-state index contributed by atoms with van der Waals surface area (Å²) in [6.07, 6.45) is -3.01. The number of carboxylic acids is 1. The lowest BCUT2D eigenvalue weighted by atomic mass is 9.99. The van der Waals surface area contributed by atoms with Crippen LogP contribution in [0.2, 0.25) is 0 Å². The predicted molar refractivity (Wildman–Crippen MR) is 58.0 cm³/mol. The quantitative estimate of drug-likeness (QED) is 0.614. The number of nitrogens with two attached hydrogens (primary N) is 1. The second-order valence-corrected chi connectivity index (χ2v) is 3.72. The molecule has 1 aromatic carbocycles. The highest BCUT2D eigenvalue weighted by atomic mass is 19.1. The molecule has 0 aliphatic carbocycles. The van der Waals surface area contributed by atoms with Gasteiger partial charge in [-0.15, -0.1) is 0 Å². The monoisotopic (exact) mass is 261 g/mol. The minimum atomic E-state index is -1.78. The Labute approximate surface area is 101 Å². The third-order valence-corrected chi connectivity index (χ3v) is 2.48. The van der Waals surface area contributed by atoms with Crippen molar-refractivity contribution in [1.82, 2.24) is 0 Å². The molecule has 0 radical (unpaired) electrons. The molecule has 18 heavy (non-hydrogen) atoms. The Hall–Kier alpha value is -1.57. The van der Waals surface area contributed by atoms with Gasteiger partial charge in [0.25, 0.3) is 0 Å². The van der Waals surface area contributed by atoms with E-state index in [-0.39, 0.29) is 13.0 Å². The van der Waals surface area contributed by atoms with Crippen LogP contribution in [-0.2, 0) is 0 Å². The van der Waals surface area contributed by atoms with Crippen molar-refractivity contribution in [3.8, 4) is 0 Å². The van der Waals surface area contributed by atoms with Crippen LogP contribution in [0, 0.1) is 11.6 Å². The van der Waals surface area contributed by atoms with Gasteiger partial charge in [0.1, 0.15) is 23.3 Å². The van der Waals surface area contributed by atoms with Gasteiger partial charge in [0.15, 0.2) is 0 Å². The number of carboxylic acid groups (broad SMARTS) is 1. The Morgan fingerprint density at radius 2 is 1.94 bits per heavy atom. The lowest BCUT2D eigenvalue weighted by Gasteiger charge is -2.18. The molecule has 0 bridgehead atoms. The van der Waals surface area contributed by atoms with Crippen LogP contribution >= 0.6 is 0 Å². The van der Waals surface area contributed by atoms with Crippen LogP contribution < -0.4 is 5.73 Å². The molecule has 7 heteroatoms. The van der Waals surface area contributed by atoms with Gasteiger partial charge in [-0.3, -0.25) is 0 Å². The van der Waals surface area contributed by atoms with Crippen LogP contribution in [0.5, 0.6) is 0 Å². The first kappa shape index (κ1) is 14.5. The fraction of sp³-hybridized carbons (Fsp3) is 0.364. The zero-order valence-corrected chi connectivity index (χ0v) is 9.31. The average molecular weight is 261 g/mol. The molecule has 1 aromatic rings. The summed E-state index contributed by atoms with van der Waals surface area (Å²) in [4.78, 5) is 10.7. The van der Waals surface area contributed by atoms with Crippen LogP contribution in [-0.4, -0.2) is 33.9 Å². The van der Waals surface area contributed by atoms with E-state index in [4.69, 9.17) is 10.8 Å². The lowest BCUT2D eigenvalue weighted by molar-refractivity contribution is 0.0127. The fourth-order valence-corrected chi connectivity index (χ4v) is 1.53. The van der Waals surface area contributed by atoms with E-state index in [2.05, 4.69) is 0 Å². The summed E-state index contributed by atoms with van der Waals surface area (Å²) in [5.74, 6) is -4.43. The first-order chi connectivity index (χ1) is 8.40. The van der Waals surface area contributed by atoms with E-state index in [1.165, 1.54) is 0 Å². The Kier molecular flexibility index (Phi) is 4.71. The van der Waals surface area contributed by atoms with E-state index < -0.39 is 40.9 Å². The fourth-order valence-electron chi connectivity index (χ4n) is 1.53. The molecule has 0 spiro atoms. The van der Waals surface area contributed by atoms with Gasteiger partial charge >= 0.3 is 5.97 Å². The van der Waals surface area contributed by atoms with E-state index in [1.54, 1.807) is 0 Å². The second-order valence-electron chi connectivity index (χ2n) is 3.72. The van der Waals surface area contributed by atoms with Crippen molar-refractivity contribution < 1.29 is 28.9 Å². The van der Waals surface area contributed by atoms with E-state index in [0.29, 0.717) is 0 Å². The zero-order chi connectivity index (χ0) is 13.9. The summed E-state index contributed by atoms with van der Waals surface area (Å²) in [5.41, 5.74) is 3.53. The molecule has 5 nitrogen and oxygen atoms in total. The second kappa shape index (κ2) is 5.85. The number of rotatable bonds is 5. The Morgan fingerprint density at radius 1 is 1.33 bits per heavy atom. The Bertz CT molecular complexity index is 453. The number of halogens is 2. The highest BCUT2D eigenvalue weighted by Gasteiger charge is 2.26. The average Bonchev–Trinajstić information content (AvgIpc) is 2.28. The molecular weight excluding hydrogens is 248 g/mol. The van der Waals surface area contributed by atoms with E-state index in [1.807, 2.05) is 0 Å². The third kappa shape index (κ3) is 2.81. The normalized spacial score (nSPS) is 14.3. The number of aliphatic hydroxyl groups excluding tert-OH is 2. The van der Waals surface area contributed by atoms with Gasteiger partial charge in [0, 0.05) is 5.56 Å². The van der Waals surface area contributed by atoms with Crippen molar-refractivity contribution in [2.75, 3.05) is 6.54 Å². The standard InChI is InChI=1S/C11H13F2NO4/c12-6-2-1-5(9(13)8(6)11(17)18)10(16)7(15)3-4-14/h1-2,7,10,15-16H,3-4,14H2,(H,17,18). The van der Waals surface area contributed by atoms with Gasteiger partial charge in [-0.05, 0) is 19.0 Å². The van der Waals surface area contributed by atoms with Gasteiger partial charge in [0.2, 0.25) is 0 Å². The highest BCUT2D eigenvalue weighted by molar-refractivity contribution is 5.88. The molecule has 100 valence electrons. The maximum atomic E-state index is 13.7. The number of hydrogen-bond acceptors (Lipinski definition) is 4.